The van der Waals surface area contributed by atoms with E-state index in [4.69, 9.17) is 0 Å². The smallest absolute Gasteiger partial charge is 0.258 e. The van der Waals surface area contributed by atoms with Crippen molar-refractivity contribution in [3.05, 3.63) is 42.0 Å². The predicted molar refractivity (Wildman–Crippen MR) is 56.3 cm³/mol. The van der Waals surface area contributed by atoms with Crippen LogP contribution in [0.1, 0.15) is 11.1 Å². The summed E-state index contributed by atoms with van der Waals surface area (Å²) in [7, 11) is -5.53. The van der Waals surface area contributed by atoms with Crippen LogP contribution < -0.4 is 0 Å². The average Bonchev–Trinajstić information content (AvgIpc) is 2.25. The van der Waals surface area contributed by atoms with Crippen molar-refractivity contribution in [3.8, 4) is 0 Å². The van der Waals surface area contributed by atoms with Crippen LogP contribution in [0.25, 0.3) is 6.08 Å². The van der Waals surface area contributed by atoms with Crippen LogP contribution in [-0.2, 0) is 20.9 Å². The molecule has 0 aliphatic rings. The molecule has 94 valence electrons. The maximum Gasteiger partial charge on any atom is 0.523 e. The van der Waals surface area contributed by atoms with Crippen LogP contribution in [0, 0.1) is 0 Å². The average molecular weight is 266 g/mol. The quantitative estimate of drug-likeness (QED) is 0.621. The fourth-order valence-electron chi connectivity index (χ4n) is 0.962. The Morgan fingerprint density at radius 1 is 1.24 bits per heavy atom. The van der Waals surface area contributed by atoms with Crippen LogP contribution in [-0.4, -0.2) is 13.9 Å². The van der Waals surface area contributed by atoms with Crippen LogP contribution >= 0.6 is 0 Å². The molecule has 0 aliphatic heterocycles. The summed E-state index contributed by atoms with van der Waals surface area (Å²) < 4.78 is 60.8. The van der Waals surface area contributed by atoms with Gasteiger partial charge in [-0.15, -0.1) is 0 Å². The Kier molecular flexibility index (Phi) is 3.94. The fraction of sp³-hybridized carbons (Fsp3) is 0.200. The normalized spacial score (nSPS) is 12.4. The molecule has 1 aromatic carbocycles. The molecule has 0 N–H and O–H groups in total. The second-order valence-electron chi connectivity index (χ2n) is 3.11. The summed E-state index contributed by atoms with van der Waals surface area (Å²) in [6, 6.07) is 6.10. The van der Waals surface area contributed by atoms with E-state index < -0.39 is 22.2 Å². The molecule has 7 heteroatoms. The van der Waals surface area contributed by atoms with E-state index in [1.54, 1.807) is 18.2 Å². The highest BCUT2D eigenvalue weighted by atomic mass is 32.2. The zero-order valence-corrected chi connectivity index (χ0v) is 9.38. The van der Waals surface area contributed by atoms with Gasteiger partial charge in [0, 0.05) is 0 Å². The van der Waals surface area contributed by atoms with Gasteiger partial charge in [-0.3, -0.25) is 4.18 Å². The summed E-state index contributed by atoms with van der Waals surface area (Å²) in [6.07, 6.45) is 1.55. The minimum atomic E-state index is -5.53. The van der Waals surface area contributed by atoms with Gasteiger partial charge in [-0.2, -0.15) is 21.6 Å². The highest BCUT2D eigenvalue weighted by Crippen LogP contribution is 2.25. The molecule has 0 spiro atoms. The summed E-state index contributed by atoms with van der Waals surface area (Å²) in [5.74, 6) is 0. The second kappa shape index (κ2) is 4.89. The van der Waals surface area contributed by atoms with Crippen molar-refractivity contribution in [1.29, 1.82) is 0 Å². The lowest BCUT2D eigenvalue weighted by atomic mass is 10.1. The predicted octanol–water partition coefficient (Wildman–Crippen LogP) is 2.70. The summed E-state index contributed by atoms with van der Waals surface area (Å²) >= 11 is 0. The molecule has 0 bridgehead atoms. The number of alkyl halides is 3. The van der Waals surface area contributed by atoms with Gasteiger partial charge in [-0.05, 0) is 11.1 Å². The molecular formula is C10H9F3O3S. The minimum absolute atomic E-state index is 0.323. The maximum atomic E-state index is 11.9. The number of benzene rings is 1. The van der Waals surface area contributed by atoms with Crippen LogP contribution in [0.15, 0.2) is 30.8 Å². The Morgan fingerprint density at radius 3 is 2.18 bits per heavy atom. The van der Waals surface area contributed by atoms with Crippen molar-refractivity contribution in [2.75, 3.05) is 0 Å². The van der Waals surface area contributed by atoms with Gasteiger partial charge < -0.3 is 0 Å². The number of hydrogen-bond acceptors (Lipinski definition) is 3. The Hall–Kier alpha value is -1.34. The lowest BCUT2D eigenvalue weighted by molar-refractivity contribution is -0.0547. The maximum absolute atomic E-state index is 11.9. The minimum Gasteiger partial charge on any atom is -0.258 e. The molecular weight excluding hydrogens is 257 g/mol. The first-order valence-corrected chi connectivity index (χ1v) is 5.84. The third-order valence-electron chi connectivity index (χ3n) is 1.88. The molecule has 1 rings (SSSR count). The zero-order chi connectivity index (χ0) is 13.1. The Balaban J connectivity index is 2.71. The molecule has 1 aromatic rings. The van der Waals surface area contributed by atoms with Crippen LogP contribution in [0.2, 0.25) is 0 Å². The van der Waals surface area contributed by atoms with E-state index in [0.717, 1.165) is 5.56 Å². The summed E-state index contributed by atoms with van der Waals surface area (Å²) in [5, 5.41) is 0. The first kappa shape index (κ1) is 13.7. The van der Waals surface area contributed by atoms with E-state index in [0.29, 0.717) is 5.56 Å². The Labute approximate surface area is 96.6 Å². The molecule has 0 amide bonds. The standard InChI is InChI=1S/C10H9F3O3S/c1-2-8-3-5-9(6-4-8)7-16-17(14,15)10(11,12)13/h2-6H,1,7H2. The molecule has 17 heavy (non-hydrogen) atoms. The van der Waals surface area contributed by atoms with Crippen molar-refractivity contribution in [1.82, 2.24) is 0 Å². The first-order valence-electron chi connectivity index (χ1n) is 4.43. The topological polar surface area (TPSA) is 43.4 Å². The van der Waals surface area contributed by atoms with E-state index in [2.05, 4.69) is 10.8 Å². The van der Waals surface area contributed by atoms with Crippen LogP contribution in [0.3, 0.4) is 0 Å². The third-order valence-corrected chi connectivity index (χ3v) is 2.87. The molecule has 0 fully saturated rings. The zero-order valence-electron chi connectivity index (χ0n) is 8.57. The van der Waals surface area contributed by atoms with Gasteiger partial charge in [0.25, 0.3) is 0 Å². The summed E-state index contributed by atoms with van der Waals surface area (Å²) in [4.78, 5) is 0. The second-order valence-corrected chi connectivity index (χ2v) is 4.71. The van der Waals surface area contributed by atoms with Gasteiger partial charge in [0.15, 0.2) is 0 Å². The Morgan fingerprint density at radius 2 is 1.76 bits per heavy atom. The van der Waals surface area contributed by atoms with E-state index >= 15 is 0 Å². The lowest BCUT2D eigenvalue weighted by Crippen LogP contribution is -2.25. The van der Waals surface area contributed by atoms with Crippen LogP contribution in [0.5, 0.6) is 0 Å². The van der Waals surface area contributed by atoms with Crippen LogP contribution in [0.4, 0.5) is 13.2 Å². The van der Waals surface area contributed by atoms with Crippen molar-refractivity contribution in [2.24, 2.45) is 0 Å². The first-order chi connectivity index (χ1) is 7.76. The lowest BCUT2D eigenvalue weighted by Gasteiger charge is -2.08. The molecule has 0 radical (unpaired) electrons. The van der Waals surface area contributed by atoms with E-state index in [1.165, 1.54) is 12.1 Å². The molecule has 0 saturated carbocycles. The van der Waals surface area contributed by atoms with Crippen molar-refractivity contribution in [3.63, 3.8) is 0 Å². The largest absolute Gasteiger partial charge is 0.523 e. The van der Waals surface area contributed by atoms with E-state index in [1.807, 2.05) is 0 Å². The number of halogens is 3. The molecule has 0 heterocycles. The van der Waals surface area contributed by atoms with Crippen molar-refractivity contribution >= 4 is 16.2 Å². The highest BCUT2D eigenvalue weighted by molar-refractivity contribution is 7.87. The van der Waals surface area contributed by atoms with Gasteiger partial charge in [0.1, 0.15) is 0 Å². The third kappa shape index (κ3) is 3.57. The van der Waals surface area contributed by atoms with Crippen molar-refractivity contribution < 1.29 is 25.8 Å². The van der Waals surface area contributed by atoms with E-state index in [9.17, 15) is 21.6 Å². The van der Waals surface area contributed by atoms with Gasteiger partial charge in [-0.1, -0.05) is 36.9 Å². The SMILES string of the molecule is C=Cc1ccc(COS(=O)(=O)C(F)(F)F)cc1. The molecule has 0 unspecified atom stereocenters. The molecule has 0 aromatic heterocycles. The number of rotatable bonds is 4. The summed E-state index contributed by atoms with van der Waals surface area (Å²) in [6.45, 7) is 2.85. The molecule has 0 aliphatic carbocycles. The molecule has 0 saturated heterocycles. The van der Waals surface area contributed by atoms with Gasteiger partial charge in [0.05, 0.1) is 6.61 Å². The summed E-state index contributed by atoms with van der Waals surface area (Å²) in [5.41, 5.74) is -4.30. The van der Waals surface area contributed by atoms with Crippen molar-refractivity contribution in [2.45, 2.75) is 12.1 Å². The fourth-order valence-corrected chi connectivity index (χ4v) is 1.39. The monoisotopic (exact) mass is 266 g/mol. The van der Waals surface area contributed by atoms with Gasteiger partial charge in [-0.25, -0.2) is 0 Å². The molecule has 0 atom stereocenters. The van der Waals surface area contributed by atoms with Gasteiger partial charge in [0.2, 0.25) is 0 Å². The van der Waals surface area contributed by atoms with E-state index in [-0.39, 0.29) is 0 Å². The highest BCUT2D eigenvalue weighted by Gasteiger charge is 2.47. The Bertz CT molecular complexity index is 489. The van der Waals surface area contributed by atoms with Gasteiger partial charge >= 0.3 is 15.6 Å². The molecule has 3 nitrogen and oxygen atoms in total. The number of hydrogen-bond donors (Lipinski definition) is 0.